The van der Waals surface area contributed by atoms with Gasteiger partial charge in [-0.25, -0.2) is 5.84 Å². The highest BCUT2D eigenvalue weighted by atomic mass is 35.5. The molecule has 1 aliphatic heterocycles. The minimum absolute atomic E-state index is 0.186. The van der Waals surface area contributed by atoms with Crippen molar-refractivity contribution in [3.8, 4) is 22.5 Å². The Labute approximate surface area is 297 Å². The van der Waals surface area contributed by atoms with Crippen molar-refractivity contribution in [2.45, 2.75) is 17.7 Å². The number of benzene rings is 6. The molecule has 0 amide bonds. The van der Waals surface area contributed by atoms with Gasteiger partial charge in [-0.05, 0) is 67.1 Å². The summed E-state index contributed by atoms with van der Waals surface area (Å²) in [7, 11) is -6.45. The maximum atomic E-state index is 12.4. The lowest BCUT2D eigenvalue weighted by Gasteiger charge is -2.27. The number of hydrazine groups is 1. The highest BCUT2D eigenvalue weighted by molar-refractivity contribution is 7.95. The Morgan fingerprint density at radius 1 is 0.680 bits per heavy atom. The average Bonchev–Trinajstić information content (AvgIpc) is 3.14. The predicted molar refractivity (Wildman–Crippen MR) is 207 cm³/mol. The van der Waals surface area contributed by atoms with Crippen molar-refractivity contribution >= 4 is 55.9 Å². The van der Waals surface area contributed by atoms with Crippen LogP contribution in [0.15, 0.2) is 161 Å². The summed E-state index contributed by atoms with van der Waals surface area (Å²) in [6.07, 6.45) is 2.81. The van der Waals surface area contributed by atoms with Crippen LogP contribution in [-0.2, 0) is 10.1 Å². The normalized spacial score (nSPS) is 12.7. The first-order valence-electron chi connectivity index (χ1n) is 16.4. The van der Waals surface area contributed by atoms with E-state index in [1.54, 1.807) is 41.1 Å². The van der Waals surface area contributed by atoms with E-state index in [1.165, 1.54) is 22.0 Å². The summed E-state index contributed by atoms with van der Waals surface area (Å²) in [4.78, 5) is -0.186. The van der Waals surface area contributed by atoms with Crippen molar-refractivity contribution in [2.24, 2.45) is 5.84 Å². The van der Waals surface area contributed by atoms with E-state index >= 15 is 0 Å². The van der Waals surface area contributed by atoms with Gasteiger partial charge in [0.15, 0.2) is 6.54 Å². The number of rotatable bonds is 10. The number of halogens is 1. The van der Waals surface area contributed by atoms with E-state index in [-0.39, 0.29) is 4.90 Å². The highest BCUT2D eigenvalue weighted by Gasteiger charge is 2.44. The maximum absolute atomic E-state index is 12.4. The fourth-order valence-corrected chi connectivity index (χ4v) is 12.1. The Bertz CT molecular complexity index is 2340. The van der Waals surface area contributed by atoms with Crippen molar-refractivity contribution in [1.29, 1.82) is 0 Å². The number of fused-ring (bicyclic) bond motifs is 2. The predicted octanol–water partition coefficient (Wildman–Crippen LogP) is 7.52. The highest BCUT2D eigenvalue weighted by Crippen LogP contribution is 2.56. The third-order valence-electron chi connectivity index (χ3n) is 9.17. The molecular formula is C41H36ClN2O4PS+2. The molecule has 0 saturated carbocycles. The van der Waals surface area contributed by atoms with Crippen LogP contribution in [0.5, 0.6) is 0 Å². The van der Waals surface area contributed by atoms with Crippen molar-refractivity contribution in [3.63, 3.8) is 0 Å². The molecule has 50 heavy (non-hydrogen) atoms. The third-order valence-corrected chi connectivity index (χ3v) is 14.8. The molecule has 0 spiro atoms. The fraction of sp³-hybridized carbons (Fsp3) is 0.0976. The van der Waals surface area contributed by atoms with Crippen LogP contribution < -0.4 is 31.8 Å². The molecule has 1 aliphatic carbocycles. The third kappa shape index (κ3) is 6.58. The van der Waals surface area contributed by atoms with Crippen LogP contribution in [0.1, 0.15) is 12.8 Å². The molecule has 5 aromatic rings. The molecule has 7 rings (SSSR count). The van der Waals surface area contributed by atoms with E-state index < -0.39 is 17.4 Å². The quantitative estimate of drug-likeness (QED) is 0.0290. The Balaban J connectivity index is 1.25. The average molecular weight is 719 g/mol. The second kappa shape index (κ2) is 14.2. The van der Waals surface area contributed by atoms with E-state index in [2.05, 4.69) is 91.0 Å². The standard InChI is InChI=1S/C41H35ClN2O4PS/c42-30-22-24-35-38(28-30)48-39-29-31(23-25-36(39)41(35)37-20-10-11-21-40(37)50(45,46)47)44(43)26-12-13-27-49(32-14-4-1-5-15-32,33-16-6-2-7-17-33)34-18-8-3-9-19-34/h1-11,14-25,28-29H,12-13,26-27,43H2/q+1/p+1/b44-31+. The summed E-state index contributed by atoms with van der Waals surface area (Å²) in [5.41, 5.74) is 2.14. The zero-order valence-corrected chi connectivity index (χ0v) is 29.7. The lowest BCUT2D eigenvalue weighted by molar-refractivity contribution is 0.483. The molecule has 0 aromatic heterocycles. The van der Waals surface area contributed by atoms with Gasteiger partial charge < -0.3 is 4.42 Å². The van der Waals surface area contributed by atoms with Crippen LogP contribution in [0.2, 0.25) is 5.02 Å². The Kier molecular flexibility index (Phi) is 9.58. The van der Waals surface area contributed by atoms with Gasteiger partial charge >= 0.3 is 0 Å². The van der Waals surface area contributed by atoms with E-state index in [4.69, 9.17) is 21.9 Å². The summed E-state index contributed by atoms with van der Waals surface area (Å²) < 4.78 is 43.0. The van der Waals surface area contributed by atoms with Crippen LogP contribution in [0.4, 0.5) is 0 Å². The zero-order chi connectivity index (χ0) is 34.7. The minimum atomic E-state index is -4.51. The number of hydrogen-bond donors (Lipinski definition) is 2. The van der Waals surface area contributed by atoms with Crippen LogP contribution in [0, 0.1) is 0 Å². The molecule has 3 N–H and O–H groups in total. The van der Waals surface area contributed by atoms with Gasteiger partial charge in [0.25, 0.3) is 10.1 Å². The van der Waals surface area contributed by atoms with Gasteiger partial charge in [-0.2, -0.15) is 8.42 Å². The molecule has 250 valence electrons. The Morgan fingerprint density at radius 3 is 1.86 bits per heavy atom. The molecule has 5 aromatic carbocycles. The summed E-state index contributed by atoms with van der Waals surface area (Å²) in [6, 6.07) is 49.9. The molecule has 6 nitrogen and oxygen atoms in total. The maximum Gasteiger partial charge on any atom is 0.295 e. The number of nitrogens with zero attached hydrogens (tertiary/aromatic N) is 1. The summed E-state index contributed by atoms with van der Waals surface area (Å²) in [5, 5.41) is 5.97. The van der Waals surface area contributed by atoms with Gasteiger partial charge in [0.1, 0.15) is 39.4 Å². The Morgan fingerprint density at radius 2 is 1.26 bits per heavy atom. The summed E-state index contributed by atoms with van der Waals surface area (Å²) in [5.74, 6) is 7.21. The molecule has 0 bridgehead atoms. The van der Waals surface area contributed by atoms with Gasteiger partial charge in [0.05, 0.1) is 12.2 Å². The molecule has 0 unspecified atom stereocenters. The monoisotopic (exact) mass is 718 g/mol. The van der Waals surface area contributed by atoms with E-state index in [9.17, 15) is 13.0 Å². The first-order chi connectivity index (χ1) is 24.3. The molecule has 0 fully saturated rings. The van der Waals surface area contributed by atoms with Gasteiger partial charge in [-0.3, -0.25) is 4.55 Å². The minimum Gasteiger partial charge on any atom is -0.456 e. The number of hydrogen-bond acceptors (Lipinski definition) is 4. The van der Waals surface area contributed by atoms with Crippen LogP contribution in [0.3, 0.4) is 0 Å². The van der Waals surface area contributed by atoms with Crippen LogP contribution >= 0.6 is 18.9 Å². The summed E-state index contributed by atoms with van der Waals surface area (Å²) >= 11 is 6.35. The molecule has 0 radical (unpaired) electrons. The summed E-state index contributed by atoms with van der Waals surface area (Å²) in [6.45, 7) is 0.613. The number of nitrogens with two attached hydrogens (primary N) is 1. The van der Waals surface area contributed by atoms with Crippen LogP contribution in [-0.4, -0.2) is 25.7 Å². The molecule has 0 saturated heterocycles. The van der Waals surface area contributed by atoms with Gasteiger partial charge in [-0.15, -0.1) is 4.68 Å². The fourth-order valence-electron chi connectivity index (χ4n) is 6.86. The molecular weight excluding hydrogens is 683 g/mol. The largest absolute Gasteiger partial charge is 0.456 e. The molecule has 1 heterocycles. The first kappa shape index (κ1) is 33.7. The van der Waals surface area contributed by atoms with Gasteiger partial charge in [-0.1, -0.05) is 84.4 Å². The van der Waals surface area contributed by atoms with E-state index in [1.807, 2.05) is 18.2 Å². The van der Waals surface area contributed by atoms with Crippen molar-refractivity contribution in [1.82, 2.24) is 4.68 Å². The van der Waals surface area contributed by atoms with E-state index in [0.717, 1.165) is 24.4 Å². The van der Waals surface area contributed by atoms with Gasteiger partial charge in [0, 0.05) is 45.7 Å². The van der Waals surface area contributed by atoms with Gasteiger partial charge in [0.2, 0.25) is 5.36 Å². The molecule has 2 aliphatic rings. The lowest BCUT2D eigenvalue weighted by atomic mass is 9.93. The first-order valence-corrected chi connectivity index (χ1v) is 20.2. The van der Waals surface area contributed by atoms with E-state index in [0.29, 0.717) is 45.0 Å². The smallest absolute Gasteiger partial charge is 0.295 e. The SMILES string of the molecule is N/[N+](CCCC[P+](c1ccccc1)(c1ccccc1)c1ccccc1)=c1\ccc2c(-c3ccccc3S(=O)(=O)O)c3ccc(Cl)cc3oc-2c1. The second-order valence-electron chi connectivity index (χ2n) is 12.2. The molecule has 0 atom stereocenters. The van der Waals surface area contributed by atoms with Crippen molar-refractivity contribution in [2.75, 3.05) is 12.7 Å². The topological polar surface area (TPSA) is 96.5 Å². The number of unbranched alkanes of at least 4 members (excludes halogenated alkanes) is 1. The lowest BCUT2D eigenvalue weighted by Crippen LogP contribution is -2.37. The zero-order valence-electron chi connectivity index (χ0n) is 27.2. The van der Waals surface area contributed by atoms with Crippen molar-refractivity contribution in [3.05, 3.63) is 162 Å². The molecule has 9 heteroatoms. The van der Waals surface area contributed by atoms with Crippen LogP contribution in [0.25, 0.3) is 33.4 Å². The van der Waals surface area contributed by atoms with Crippen molar-refractivity contribution < 1.29 is 17.4 Å². The second-order valence-corrected chi connectivity index (χ2v) is 17.7. The Hall–Kier alpha value is -4.78.